The third-order valence-corrected chi connectivity index (χ3v) is 3.17. The SMILES string of the molecule is [c]1ccc2ccccc2c1CCOc1ccccc1. The van der Waals surface area contributed by atoms with E-state index in [4.69, 9.17) is 4.74 Å². The third kappa shape index (κ3) is 2.76. The average molecular weight is 247 g/mol. The first-order valence-electron chi connectivity index (χ1n) is 6.50. The minimum atomic E-state index is 0.675. The minimum absolute atomic E-state index is 0.675. The Hall–Kier alpha value is -2.28. The Bertz CT molecular complexity index is 653. The Balaban J connectivity index is 1.72. The van der Waals surface area contributed by atoms with E-state index >= 15 is 0 Å². The zero-order valence-electron chi connectivity index (χ0n) is 10.7. The molecule has 3 rings (SSSR count). The van der Waals surface area contributed by atoms with E-state index in [2.05, 4.69) is 36.4 Å². The molecule has 3 aromatic carbocycles. The normalized spacial score (nSPS) is 10.5. The highest BCUT2D eigenvalue weighted by molar-refractivity contribution is 5.85. The maximum Gasteiger partial charge on any atom is 0.119 e. The maximum atomic E-state index is 5.74. The summed E-state index contributed by atoms with van der Waals surface area (Å²) in [6, 6.07) is 25.7. The van der Waals surface area contributed by atoms with Gasteiger partial charge in [-0.15, -0.1) is 0 Å². The Morgan fingerprint density at radius 2 is 1.63 bits per heavy atom. The molecule has 0 heterocycles. The molecule has 0 saturated carbocycles. The van der Waals surface area contributed by atoms with Crippen LogP contribution in [0.25, 0.3) is 10.8 Å². The van der Waals surface area contributed by atoms with Crippen molar-refractivity contribution in [3.05, 3.63) is 78.4 Å². The van der Waals surface area contributed by atoms with Crippen LogP contribution in [0.4, 0.5) is 0 Å². The van der Waals surface area contributed by atoms with Crippen molar-refractivity contribution in [3.63, 3.8) is 0 Å². The van der Waals surface area contributed by atoms with Crippen LogP contribution >= 0.6 is 0 Å². The molecule has 0 aliphatic carbocycles. The first-order valence-corrected chi connectivity index (χ1v) is 6.50. The van der Waals surface area contributed by atoms with Crippen molar-refractivity contribution in [2.75, 3.05) is 6.61 Å². The van der Waals surface area contributed by atoms with Crippen LogP contribution in [-0.4, -0.2) is 6.61 Å². The number of ether oxygens (including phenoxy) is 1. The van der Waals surface area contributed by atoms with Crippen molar-refractivity contribution in [1.29, 1.82) is 0 Å². The Morgan fingerprint density at radius 1 is 0.842 bits per heavy atom. The van der Waals surface area contributed by atoms with Gasteiger partial charge < -0.3 is 4.74 Å². The van der Waals surface area contributed by atoms with E-state index in [9.17, 15) is 0 Å². The van der Waals surface area contributed by atoms with Gasteiger partial charge in [-0.25, -0.2) is 0 Å². The van der Waals surface area contributed by atoms with Crippen molar-refractivity contribution in [1.82, 2.24) is 0 Å². The molecular formula is C18H15O. The number of para-hydroxylation sites is 1. The number of rotatable bonds is 4. The Labute approximate surface area is 113 Å². The highest BCUT2D eigenvalue weighted by Gasteiger charge is 2.01. The van der Waals surface area contributed by atoms with Crippen molar-refractivity contribution in [2.45, 2.75) is 6.42 Å². The van der Waals surface area contributed by atoms with E-state index in [0.717, 1.165) is 12.2 Å². The summed E-state index contributed by atoms with van der Waals surface area (Å²) < 4.78 is 5.74. The second-order valence-corrected chi connectivity index (χ2v) is 4.45. The highest BCUT2D eigenvalue weighted by Crippen LogP contribution is 2.18. The van der Waals surface area contributed by atoms with Crippen molar-refractivity contribution in [3.8, 4) is 5.75 Å². The molecule has 0 atom stereocenters. The molecule has 1 heteroatoms. The van der Waals surface area contributed by atoms with Gasteiger partial charge in [-0.1, -0.05) is 54.6 Å². The predicted molar refractivity (Wildman–Crippen MR) is 78.4 cm³/mol. The second kappa shape index (κ2) is 5.57. The van der Waals surface area contributed by atoms with Gasteiger partial charge in [0.05, 0.1) is 6.61 Å². The van der Waals surface area contributed by atoms with E-state index in [1.54, 1.807) is 0 Å². The number of benzene rings is 3. The summed E-state index contributed by atoms with van der Waals surface area (Å²) in [7, 11) is 0. The van der Waals surface area contributed by atoms with Gasteiger partial charge in [0, 0.05) is 6.42 Å². The van der Waals surface area contributed by atoms with Gasteiger partial charge in [0.2, 0.25) is 0 Å². The van der Waals surface area contributed by atoms with Gasteiger partial charge in [0.1, 0.15) is 5.75 Å². The lowest BCUT2D eigenvalue weighted by Gasteiger charge is -2.08. The zero-order chi connectivity index (χ0) is 12.9. The van der Waals surface area contributed by atoms with Crippen LogP contribution in [0.2, 0.25) is 0 Å². The summed E-state index contributed by atoms with van der Waals surface area (Å²) in [5.74, 6) is 0.919. The molecule has 1 nitrogen and oxygen atoms in total. The average Bonchev–Trinajstić information content (AvgIpc) is 2.49. The number of hydrogen-bond acceptors (Lipinski definition) is 1. The first kappa shape index (κ1) is 11.8. The fourth-order valence-electron chi connectivity index (χ4n) is 2.22. The van der Waals surface area contributed by atoms with E-state index in [1.807, 2.05) is 36.4 Å². The summed E-state index contributed by atoms with van der Waals surface area (Å²) in [5.41, 5.74) is 1.22. The van der Waals surface area contributed by atoms with Gasteiger partial charge in [-0.05, 0) is 34.5 Å². The third-order valence-electron chi connectivity index (χ3n) is 3.17. The van der Waals surface area contributed by atoms with Crippen molar-refractivity contribution in [2.24, 2.45) is 0 Å². The number of hydrogen-bond donors (Lipinski definition) is 0. The van der Waals surface area contributed by atoms with Crippen molar-refractivity contribution >= 4 is 10.8 Å². The fourth-order valence-corrected chi connectivity index (χ4v) is 2.22. The Kier molecular flexibility index (Phi) is 3.46. The summed E-state index contributed by atoms with van der Waals surface area (Å²) in [6.07, 6.45) is 0.871. The van der Waals surface area contributed by atoms with Gasteiger partial charge in [0.25, 0.3) is 0 Å². The molecule has 0 spiro atoms. The van der Waals surface area contributed by atoms with E-state index in [-0.39, 0.29) is 0 Å². The monoisotopic (exact) mass is 247 g/mol. The van der Waals surface area contributed by atoms with E-state index < -0.39 is 0 Å². The van der Waals surface area contributed by atoms with Crippen molar-refractivity contribution < 1.29 is 4.74 Å². The summed E-state index contributed by atoms with van der Waals surface area (Å²) >= 11 is 0. The van der Waals surface area contributed by atoms with Crippen LogP contribution < -0.4 is 4.74 Å². The molecule has 93 valence electrons. The maximum absolute atomic E-state index is 5.74. The molecular weight excluding hydrogens is 232 g/mol. The van der Waals surface area contributed by atoms with E-state index in [0.29, 0.717) is 6.61 Å². The molecule has 0 amide bonds. The predicted octanol–water partition coefficient (Wildman–Crippen LogP) is 4.26. The van der Waals surface area contributed by atoms with Gasteiger partial charge >= 0.3 is 0 Å². The molecule has 19 heavy (non-hydrogen) atoms. The lowest BCUT2D eigenvalue weighted by atomic mass is 10.0. The van der Waals surface area contributed by atoms with Crippen LogP contribution in [-0.2, 0) is 6.42 Å². The molecule has 0 aliphatic heterocycles. The molecule has 0 N–H and O–H groups in total. The van der Waals surface area contributed by atoms with Crippen LogP contribution in [0.1, 0.15) is 5.56 Å². The van der Waals surface area contributed by atoms with Crippen LogP contribution in [0.3, 0.4) is 0 Å². The molecule has 0 aromatic heterocycles. The molecule has 0 aliphatic rings. The Morgan fingerprint density at radius 3 is 2.53 bits per heavy atom. The highest BCUT2D eigenvalue weighted by atomic mass is 16.5. The molecule has 3 aromatic rings. The molecule has 1 radical (unpaired) electrons. The summed E-state index contributed by atoms with van der Waals surface area (Å²) in [4.78, 5) is 0. The molecule has 0 saturated heterocycles. The van der Waals surface area contributed by atoms with Gasteiger partial charge in [-0.3, -0.25) is 0 Å². The van der Waals surface area contributed by atoms with Crippen LogP contribution in [0, 0.1) is 6.07 Å². The summed E-state index contributed by atoms with van der Waals surface area (Å²) in [5, 5.41) is 2.53. The smallest absolute Gasteiger partial charge is 0.119 e. The topological polar surface area (TPSA) is 9.23 Å². The van der Waals surface area contributed by atoms with E-state index in [1.165, 1.54) is 16.3 Å². The standard InChI is InChI=1S/C18H15O/c1-2-10-17(11-3-1)19-14-13-16-9-6-8-15-7-4-5-12-18(15)16/h1-8,10-12H,13-14H2. The first-order chi connectivity index (χ1) is 9.43. The largest absolute Gasteiger partial charge is 0.493 e. The molecule has 0 bridgehead atoms. The van der Waals surface area contributed by atoms with Crippen LogP contribution in [0.15, 0.2) is 66.7 Å². The molecule has 0 fully saturated rings. The van der Waals surface area contributed by atoms with Gasteiger partial charge in [-0.2, -0.15) is 0 Å². The zero-order valence-corrected chi connectivity index (χ0v) is 10.7. The second-order valence-electron chi connectivity index (χ2n) is 4.45. The minimum Gasteiger partial charge on any atom is -0.493 e. The molecule has 0 unspecified atom stereocenters. The quantitative estimate of drug-likeness (QED) is 0.669. The number of fused-ring (bicyclic) bond motifs is 1. The summed E-state index contributed by atoms with van der Waals surface area (Å²) in [6.45, 7) is 0.675. The fraction of sp³-hybridized carbons (Fsp3) is 0.111. The van der Waals surface area contributed by atoms with Crippen LogP contribution in [0.5, 0.6) is 5.75 Å². The van der Waals surface area contributed by atoms with Gasteiger partial charge in [0.15, 0.2) is 0 Å². The lowest BCUT2D eigenvalue weighted by molar-refractivity contribution is 0.322. The lowest BCUT2D eigenvalue weighted by Crippen LogP contribution is -2.01.